The predicted molar refractivity (Wildman–Crippen MR) is 86.4 cm³/mol. The Bertz CT molecular complexity index is 542. The monoisotopic (exact) mass is 287 g/mol. The van der Waals surface area contributed by atoms with Gasteiger partial charge >= 0.3 is 0 Å². The number of thioether (sulfide) groups is 1. The first-order valence-electron chi connectivity index (χ1n) is 6.88. The van der Waals surface area contributed by atoms with E-state index in [2.05, 4.69) is 48.8 Å². The first-order chi connectivity index (χ1) is 9.83. The highest BCUT2D eigenvalue weighted by Gasteiger charge is 2.02. The highest BCUT2D eigenvalue weighted by atomic mass is 32.2. The molecule has 0 aliphatic heterocycles. The van der Waals surface area contributed by atoms with Crippen LogP contribution in [0.3, 0.4) is 0 Å². The van der Waals surface area contributed by atoms with Gasteiger partial charge in [0.2, 0.25) is 0 Å². The average Bonchev–Trinajstić information content (AvgIpc) is 2.51. The summed E-state index contributed by atoms with van der Waals surface area (Å²) in [5.41, 5.74) is 2.50. The summed E-state index contributed by atoms with van der Waals surface area (Å²) in [6.07, 6.45) is 2.07. The van der Waals surface area contributed by atoms with Gasteiger partial charge in [-0.1, -0.05) is 43.3 Å². The summed E-state index contributed by atoms with van der Waals surface area (Å²) in [6.45, 7) is 4.62. The highest BCUT2D eigenvalue weighted by Crippen LogP contribution is 2.27. The molecule has 2 aromatic carbocycles. The lowest BCUT2D eigenvalue weighted by Crippen LogP contribution is -2.11. The smallest absolute Gasteiger partial charge is 0.133 e. The molecule has 0 heterocycles. The number of para-hydroxylation sites is 1. The third kappa shape index (κ3) is 4.29. The standard InChI is InChI=1S/C17H21NOS/c1-3-18-12-14-7-6-8-15(11-14)13-19-16-9-4-5-10-17(16)20-2/h4-11,18H,3,12-13H2,1-2H3. The minimum atomic E-state index is 0.609. The maximum absolute atomic E-state index is 5.93. The molecule has 1 N–H and O–H groups in total. The summed E-state index contributed by atoms with van der Waals surface area (Å²) in [5, 5.41) is 3.34. The molecule has 0 aliphatic carbocycles. The molecular formula is C17H21NOS. The van der Waals surface area contributed by atoms with E-state index in [1.54, 1.807) is 11.8 Å². The molecule has 0 radical (unpaired) electrons. The average molecular weight is 287 g/mol. The summed E-state index contributed by atoms with van der Waals surface area (Å²) >= 11 is 1.71. The summed E-state index contributed by atoms with van der Waals surface area (Å²) in [7, 11) is 0. The molecule has 2 aromatic rings. The zero-order valence-corrected chi connectivity index (χ0v) is 12.9. The zero-order valence-electron chi connectivity index (χ0n) is 12.1. The minimum Gasteiger partial charge on any atom is -0.488 e. The van der Waals surface area contributed by atoms with Crippen molar-refractivity contribution in [2.45, 2.75) is 25.0 Å². The van der Waals surface area contributed by atoms with Crippen LogP contribution in [-0.4, -0.2) is 12.8 Å². The molecule has 0 spiro atoms. The van der Waals surface area contributed by atoms with Crippen molar-refractivity contribution in [3.63, 3.8) is 0 Å². The van der Waals surface area contributed by atoms with E-state index in [0.717, 1.165) is 18.8 Å². The van der Waals surface area contributed by atoms with Crippen LogP contribution in [-0.2, 0) is 13.2 Å². The Labute approximate surface area is 125 Å². The van der Waals surface area contributed by atoms with Crippen molar-refractivity contribution < 1.29 is 4.74 Å². The van der Waals surface area contributed by atoms with Crippen LogP contribution in [0.2, 0.25) is 0 Å². The molecule has 0 bridgehead atoms. The lowest BCUT2D eigenvalue weighted by atomic mass is 10.1. The van der Waals surface area contributed by atoms with Crippen molar-refractivity contribution in [1.82, 2.24) is 5.32 Å². The Morgan fingerprint density at radius 3 is 2.65 bits per heavy atom. The summed E-state index contributed by atoms with van der Waals surface area (Å²) in [6, 6.07) is 16.7. The Hall–Kier alpha value is -1.45. The van der Waals surface area contributed by atoms with Gasteiger partial charge in [-0.15, -0.1) is 11.8 Å². The molecule has 0 aliphatic rings. The van der Waals surface area contributed by atoms with Crippen LogP contribution in [0.5, 0.6) is 5.75 Å². The van der Waals surface area contributed by atoms with Gasteiger partial charge in [-0.05, 0) is 36.1 Å². The molecule has 0 saturated heterocycles. The zero-order chi connectivity index (χ0) is 14.2. The molecule has 106 valence electrons. The van der Waals surface area contributed by atoms with Crippen LogP contribution < -0.4 is 10.1 Å². The second kappa shape index (κ2) is 7.98. The number of nitrogens with one attached hydrogen (secondary N) is 1. The fourth-order valence-electron chi connectivity index (χ4n) is 2.00. The second-order valence-corrected chi connectivity index (χ2v) is 5.39. The van der Waals surface area contributed by atoms with Crippen molar-refractivity contribution in [2.75, 3.05) is 12.8 Å². The SMILES string of the molecule is CCNCc1cccc(COc2ccccc2SC)c1. The van der Waals surface area contributed by atoms with Crippen molar-refractivity contribution in [1.29, 1.82) is 0 Å². The van der Waals surface area contributed by atoms with E-state index in [-0.39, 0.29) is 0 Å². The highest BCUT2D eigenvalue weighted by molar-refractivity contribution is 7.98. The lowest BCUT2D eigenvalue weighted by molar-refractivity contribution is 0.299. The second-order valence-electron chi connectivity index (χ2n) is 4.54. The van der Waals surface area contributed by atoms with Crippen molar-refractivity contribution in [3.05, 3.63) is 59.7 Å². The Morgan fingerprint density at radius 2 is 1.85 bits per heavy atom. The van der Waals surface area contributed by atoms with Crippen LogP contribution in [0.25, 0.3) is 0 Å². The summed E-state index contributed by atoms with van der Waals surface area (Å²) < 4.78 is 5.93. The maximum atomic E-state index is 5.93. The molecule has 0 saturated carbocycles. The van der Waals surface area contributed by atoms with Gasteiger partial charge in [0, 0.05) is 11.4 Å². The molecule has 3 heteroatoms. The van der Waals surface area contributed by atoms with Crippen LogP contribution in [0.15, 0.2) is 53.4 Å². The third-order valence-corrected chi connectivity index (χ3v) is 3.81. The number of hydrogen-bond donors (Lipinski definition) is 1. The fraction of sp³-hybridized carbons (Fsp3) is 0.294. The van der Waals surface area contributed by atoms with Gasteiger partial charge in [0.25, 0.3) is 0 Å². The van der Waals surface area contributed by atoms with Crippen LogP contribution >= 0.6 is 11.8 Å². The Balaban J connectivity index is 1.99. The van der Waals surface area contributed by atoms with Gasteiger partial charge in [0.15, 0.2) is 0 Å². The van der Waals surface area contributed by atoms with Crippen LogP contribution in [0.1, 0.15) is 18.1 Å². The molecular weight excluding hydrogens is 266 g/mol. The van der Waals surface area contributed by atoms with E-state index in [1.165, 1.54) is 16.0 Å². The quantitative estimate of drug-likeness (QED) is 0.775. The summed E-state index contributed by atoms with van der Waals surface area (Å²) in [4.78, 5) is 1.18. The fourth-order valence-corrected chi connectivity index (χ4v) is 2.54. The normalized spacial score (nSPS) is 10.5. The van der Waals surface area contributed by atoms with Gasteiger partial charge in [-0.25, -0.2) is 0 Å². The van der Waals surface area contributed by atoms with E-state index in [1.807, 2.05) is 18.2 Å². The van der Waals surface area contributed by atoms with Gasteiger partial charge in [0.1, 0.15) is 12.4 Å². The van der Waals surface area contributed by atoms with Crippen LogP contribution in [0, 0.1) is 0 Å². The molecule has 0 atom stereocenters. The van der Waals surface area contributed by atoms with Gasteiger partial charge in [0.05, 0.1) is 0 Å². The largest absolute Gasteiger partial charge is 0.488 e. The van der Waals surface area contributed by atoms with Crippen molar-refractivity contribution in [2.24, 2.45) is 0 Å². The first-order valence-corrected chi connectivity index (χ1v) is 8.10. The molecule has 0 amide bonds. The molecule has 2 nitrogen and oxygen atoms in total. The maximum Gasteiger partial charge on any atom is 0.133 e. The van der Waals surface area contributed by atoms with E-state index < -0.39 is 0 Å². The number of benzene rings is 2. The van der Waals surface area contributed by atoms with E-state index in [9.17, 15) is 0 Å². The van der Waals surface area contributed by atoms with Gasteiger partial charge in [-0.2, -0.15) is 0 Å². The van der Waals surface area contributed by atoms with Gasteiger partial charge in [-0.3, -0.25) is 0 Å². The summed E-state index contributed by atoms with van der Waals surface area (Å²) in [5.74, 6) is 0.956. The van der Waals surface area contributed by atoms with Crippen molar-refractivity contribution >= 4 is 11.8 Å². The van der Waals surface area contributed by atoms with Crippen LogP contribution in [0.4, 0.5) is 0 Å². The number of ether oxygens (including phenoxy) is 1. The number of rotatable bonds is 7. The topological polar surface area (TPSA) is 21.3 Å². The Kier molecular flexibility index (Phi) is 5.96. The molecule has 2 rings (SSSR count). The van der Waals surface area contributed by atoms with Crippen molar-refractivity contribution in [3.8, 4) is 5.75 Å². The lowest BCUT2D eigenvalue weighted by Gasteiger charge is -2.11. The van der Waals surface area contributed by atoms with E-state index in [0.29, 0.717) is 6.61 Å². The van der Waals surface area contributed by atoms with E-state index >= 15 is 0 Å². The molecule has 20 heavy (non-hydrogen) atoms. The first kappa shape index (κ1) is 14.9. The van der Waals surface area contributed by atoms with Gasteiger partial charge < -0.3 is 10.1 Å². The predicted octanol–water partition coefficient (Wildman–Crippen LogP) is 4.10. The Morgan fingerprint density at radius 1 is 1.05 bits per heavy atom. The molecule has 0 unspecified atom stereocenters. The molecule has 0 aromatic heterocycles. The third-order valence-electron chi connectivity index (χ3n) is 3.03. The minimum absolute atomic E-state index is 0.609. The molecule has 0 fully saturated rings. The van der Waals surface area contributed by atoms with E-state index in [4.69, 9.17) is 4.74 Å². The number of hydrogen-bond acceptors (Lipinski definition) is 3.